The second kappa shape index (κ2) is 7.61. The lowest BCUT2D eigenvalue weighted by Crippen LogP contribution is -2.54. The number of nitrogens with zero attached hydrogens (tertiary/aromatic N) is 3. The number of aromatic nitrogens is 1. The smallest absolute Gasteiger partial charge is 0.242 e. The van der Waals surface area contributed by atoms with E-state index >= 15 is 0 Å². The van der Waals surface area contributed by atoms with Crippen molar-refractivity contribution in [2.24, 2.45) is 0 Å². The molecule has 1 rings (SSSR count). The highest BCUT2D eigenvalue weighted by molar-refractivity contribution is 5.85. The number of carbonyl (C=O) groups excluding carboxylic acids is 1. The van der Waals surface area contributed by atoms with Crippen LogP contribution in [0.5, 0.6) is 0 Å². The van der Waals surface area contributed by atoms with E-state index in [9.17, 15) is 4.79 Å². The Morgan fingerprint density at radius 1 is 1.55 bits per heavy atom. The fourth-order valence-corrected chi connectivity index (χ4v) is 2.06. The standard InChI is InChI=1S/C15H22N4O/c1-4-18-15(2,3)14(20)19(10-6-8-16)12-13-7-5-9-17-11-13/h5,7,9,11,18H,4,6,10,12H2,1-3H3. The maximum atomic E-state index is 12.6. The van der Waals surface area contributed by atoms with E-state index < -0.39 is 5.54 Å². The molecular weight excluding hydrogens is 252 g/mol. The van der Waals surface area contributed by atoms with Crippen LogP contribution in [0.1, 0.15) is 32.8 Å². The predicted molar refractivity (Wildman–Crippen MR) is 77.6 cm³/mol. The van der Waals surface area contributed by atoms with Gasteiger partial charge in [-0.2, -0.15) is 5.26 Å². The summed E-state index contributed by atoms with van der Waals surface area (Å²) in [5, 5.41) is 11.9. The molecule has 0 spiro atoms. The molecule has 1 heterocycles. The lowest BCUT2D eigenvalue weighted by molar-refractivity contribution is -0.137. The molecule has 0 aliphatic carbocycles. The van der Waals surface area contributed by atoms with E-state index in [-0.39, 0.29) is 5.91 Å². The zero-order valence-electron chi connectivity index (χ0n) is 12.4. The SMILES string of the molecule is CCNC(C)(C)C(=O)N(CCC#N)Cc1cccnc1. The molecule has 0 atom stereocenters. The van der Waals surface area contributed by atoms with Crippen LogP contribution >= 0.6 is 0 Å². The number of likely N-dealkylation sites (N-methyl/N-ethyl adjacent to an activating group) is 1. The fourth-order valence-electron chi connectivity index (χ4n) is 2.06. The normalized spacial score (nSPS) is 10.9. The summed E-state index contributed by atoms with van der Waals surface area (Å²) in [6.45, 7) is 7.32. The molecule has 0 aliphatic rings. The van der Waals surface area contributed by atoms with Crippen molar-refractivity contribution in [3.05, 3.63) is 30.1 Å². The van der Waals surface area contributed by atoms with E-state index in [1.54, 1.807) is 17.3 Å². The van der Waals surface area contributed by atoms with Crippen LogP contribution in [-0.2, 0) is 11.3 Å². The van der Waals surface area contributed by atoms with E-state index in [1.165, 1.54) is 0 Å². The van der Waals surface area contributed by atoms with Gasteiger partial charge in [-0.1, -0.05) is 13.0 Å². The van der Waals surface area contributed by atoms with Gasteiger partial charge in [-0.05, 0) is 32.0 Å². The molecule has 0 saturated carbocycles. The average Bonchev–Trinajstić information content (AvgIpc) is 2.43. The molecule has 1 N–H and O–H groups in total. The van der Waals surface area contributed by atoms with Crippen molar-refractivity contribution in [1.82, 2.24) is 15.2 Å². The number of pyridine rings is 1. The molecule has 0 fully saturated rings. The highest BCUT2D eigenvalue weighted by Gasteiger charge is 2.30. The molecule has 0 unspecified atom stereocenters. The minimum absolute atomic E-state index is 0.00143. The number of carbonyl (C=O) groups is 1. The second-order valence-electron chi connectivity index (χ2n) is 5.15. The van der Waals surface area contributed by atoms with Crippen molar-refractivity contribution < 1.29 is 4.79 Å². The van der Waals surface area contributed by atoms with Crippen LogP contribution in [0.25, 0.3) is 0 Å². The van der Waals surface area contributed by atoms with Crippen molar-refractivity contribution in [1.29, 1.82) is 5.26 Å². The third kappa shape index (κ3) is 4.63. The number of nitrogens with one attached hydrogen (secondary N) is 1. The third-order valence-electron chi connectivity index (χ3n) is 3.03. The molecule has 1 amide bonds. The molecule has 5 heteroatoms. The van der Waals surface area contributed by atoms with Gasteiger partial charge in [0.15, 0.2) is 0 Å². The zero-order chi connectivity index (χ0) is 15.0. The maximum Gasteiger partial charge on any atom is 0.242 e. The van der Waals surface area contributed by atoms with Gasteiger partial charge in [-0.15, -0.1) is 0 Å². The number of amides is 1. The quantitative estimate of drug-likeness (QED) is 0.822. The van der Waals surface area contributed by atoms with Crippen molar-refractivity contribution >= 4 is 5.91 Å². The Morgan fingerprint density at radius 2 is 2.30 bits per heavy atom. The summed E-state index contributed by atoms with van der Waals surface area (Å²) >= 11 is 0. The number of nitriles is 1. The first-order chi connectivity index (χ1) is 9.51. The summed E-state index contributed by atoms with van der Waals surface area (Å²) in [5.41, 5.74) is 0.331. The topological polar surface area (TPSA) is 69.0 Å². The molecular formula is C15H22N4O. The van der Waals surface area contributed by atoms with Crippen molar-refractivity contribution in [2.45, 2.75) is 39.3 Å². The first-order valence-corrected chi connectivity index (χ1v) is 6.81. The highest BCUT2D eigenvalue weighted by Crippen LogP contribution is 2.12. The summed E-state index contributed by atoms with van der Waals surface area (Å²) in [5.74, 6) is -0.00143. The van der Waals surface area contributed by atoms with Gasteiger partial charge in [0.1, 0.15) is 0 Å². The van der Waals surface area contributed by atoms with E-state index in [1.807, 2.05) is 32.9 Å². The van der Waals surface area contributed by atoms with Gasteiger partial charge in [-0.3, -0.25) is 9.78 Å². The Labute approximate surface area is 120 Å². The van der Waals surface area contributed by atoms with Gasteiger partial charge < -0.3 is 10.2 Å². The van der Waals surface area contributed by atoms with Crippen LogP contribution in [0.15, 0.2) is 24.5 Å². The minimum Gasteiger partial charge on any atom is -0.336 e. The first-order valence-electron chi connectivity index (χ1n) is 6.81. The van der Waals surface area contributed by atoms with Crippen LogP contribution in [0, 0.1) is 11.3 Å². The first kappa shape index (κ1) is 16.1. The summed E-state index contributed by atoms with van der Waals surface area (Å²) < 4.78 is 0. The van der Waals surface area contributed by atoms with E-state index in [0.717, 1.165) is 12.1 Å². The lowest BCUT2D eigenvalue weighted by atomic mass is 10.0. The second-order valence-corrected chi connectivity index (χ2v) is 5.15. The van der Waals surface area contributed by atoms with Crippen LogP contribution in [0.2, 0.25) is 0 Å². The van der Waals surface area contributed by atoms with Gasteiger partial charge in [0.05, 0.1) is 18.0 Å². The number of hydrogen-bond donors (Lipinski definition) is 1. The van der Waals surface area contributed by atoms with Gasteiger partial charge in [0, 0.05) is 25.5 Å². The minimum atomic E-state index is -0.633. The Bertz CT molecular complexity index is 465. The molecule has 108 valence electrons. The molecule has 0 aliphatic heterocycles. The Kier molecular flexibility index (Phi) is 6.13. The largest absolute Gasteiger partial charge is 0.336 e. The monoisotopic (exact) mass is 274 g/mol. The summed E-state index contributed by atoms with van der Waals surface area (Å²) in [4.78, 5) is 18.4. The third-order valence-corrected chi connectivity index (χ3v) is 3.03. The number of hydrogen-bond acceptors (Lipinski definition) is 4. The summed E-state index contributed by atoms with van der Waals surface area (Å²) in [6.07, 6.45) is 3.77. The Hall–Kier alpha value is -1.93. The van der Waals surface area contributed by atoms with Crippen molar-refractivity contribution in [2.75, 3.05) is 13.1 Å². The van der Waals surface area contributed by atoms with Crippen LogP contribution in [0.3, 0.4) is 0 Å². The van der Waals surface area contributed by atoms with Crippen LogP contribution in [0.4, 0.5) is 0 Å². The molecule has 20 heavy (non-hydrogen) atoms. The van der Waals surface area contributed by atoms with Gasteiger partial charge in [0.2, 0.25) is 5.91 Å². The molecule has 0 aromatic carbocycles. The maximum absolute atomic E-state index is 12.6. The number of rotatable bonds is 7. The molecule has 1 aromatic heterocycles. The molecule has 5 nitrogen and oxygen atoms in total. The molecule has 0 radical (unpaired) electrons. The summed E-state index contributed by atoms with van der Waals surface area (Å²) in [6, 6.07) is 5.87. The molecule has 1 aromatic rings. The predicted octanol–water partition coefficient (Wildman–Crippen LogP) is 1.71. The zero-order valence-corrected chi connectivity index (χ0v) is 12.4. The fraction of sp³-hybridized carbons (Fsp3) is 0.533. The summed E-state index contributed by atoms with van der Waals surface area (Å²) in [7, 11) is 0. The van der Waals surface area contributed by atoms with Crippen LogP contribution < -0.4 is 5.32 Å². The van der Waals surface area contributed by atoms with E-state index in [2.05, 4.69) is 16.4 Å². The Morgan fingerprint density at radius 3 is 2.85 bits per heavy atom. The van der Waals surface area contributed by atoms with Crippen LogP contribution in [-0.4, -0.2) is 34.4 Å². The Balaban J connectivity index is 2.83. The average molecular weight is 274 g/mol. The van der Waals surface area contributed by atoms with Crippen molar-refractivity contribution in [3.8, 4) is 6.07 Å². The highest BCUT2D eigenvalue weighted by atomic mass is 16.2. The van der Waals surface area contributed by atoms with Crippen molar-refractivity contribution in [3.63, 3.8) is 0 Å². The lowest BCUT2D eigenvalue weighted by Gasteiger charge is -2.32. The van der Waals surface area contributed by atoms with E-state index in [4.69, 9.17) is 5.26 Å². The molecule has 0 bridgehead atoms. The van der Waals surface area contributed by atoms with Gasteiger partial charge in [-0.25, -0.2) is 0 Å². The molecule has 0 saturated heterocycles. The van der Waals surface area contributed by atoms with Gasteiger partial charge in [0.25, 0.3) is 0 Å². The van der Waals surface area contributed by atoms with E-state index in [0.29, 0.717) is 19.5 Å². The van der Waals surface area contributed by atoms with Gasteiger partial charge >= 0.3 is 0 Å².